The van der Waals surface area contributed by atoms with Crippen LogP contribution < -0.4 is 5.32 Å². The van der Waals surface area contributed by atoms with Crippen LogP contribution in [0.15, 0.2) is 34.9 Å². The molecule has 1 aromatic heterocycles. The van der Waals surface area contributed by atoms with Gasteiger partial charge in [0.2, 0.25) is 0 Å². The van der Waals surface area contributed by atoms with Crippen LogP contribution in [0, 0.1) is 20.8 Å². The van der Waals surface area contributed by atoms with E-state index in [2.05, 4.69) is 51.2 Å². The molecule has 2 rings (SSSR count). The molecule has 0 spiro atoms. The highest BCUT2D eigenvalue weighted by Crippen LogP contribution is 2.19. The van der Waals surface area contributed by atoms with Crippen molar-refractivity contribution in [1.29, 1.82) is 0 Å². The zero-order valence-electron chi connectivity index (χ0n) is 13.7. The molecule has 0 bridgehead atoms. The highest BCUT2D eigenvalue weighted by molar-refractivity contribution is 5.38. The van der Waals surface area contributed by atoms with Gasteiger partial charge in [-0.25, -0.2) is 0 Å². The molecule has 1 aromatic carbocycles. The Labute approximate surface area is 128 Å². The third-order valence-corrected chi connectivity index (χ3v) is 4.10. The van der Waals surface area contributed by atoms with Gasteiger partial charge in [0.05, 0.1) is 6.26 Å². The molecule has 0 amide bonds. The van der Waals surface area contributed by atoms with Crippen molar-refractivity contribution in [2.24, 2.45) is 0 Å². The predicted molar refractivity (Wildman–Crippen MR) is 88.9 cm³/mol. The molecule has 1 heterocycles. The molecule has 1 unspecified atom stereocenters. The summed E-state index contributed by atoms with van der Waals surface area (Å²) in [4.78, 5) is 0. The number of rotatable bonds is 7. The zero-order valence-corrected chi connectivity index (χ0v) is 13.7. The summed E-state index contributed by atoms with van der Waals surface area (Å²) in [7, 11) is 0. The largest absolute Gasteiger partial charge is 0.469 e. The van der Waals surface area contributed by atoms with Crippen LogP contribution in [0.1, 0.15) is 41.4 Å². The maximum atomic E-state index is 5.45. The summed E-state index contributed by atoms with van der Waals surface area (Å²) in [6, 6.07) is 9.10. The quantitative estimate of drug-likeness (QED) is 0.817. The lowest BCUT2D eigenvalue weighted by Gasteiger charge is -2.20. The Morgan fingerprint density at radius 1 is 1.14 bits per heavy atom. The predicted octanol–water partition coefficient (Wildman–Crippen LogP) is 4.36. The lowest BCUT2D eigenvalue weighted by atomic mass is 9.92. The standard InChI is InChI=1S/C19H27NO/c1-5-20-17(8-9-18-7-6-10-21-18)13-19-15(3)11-14(2)12-16(19)4/h6-7,10-12,17,20H,5,8-9,13H2,1-4H3. The first-order valence-corrected chi connectivity index (χ1v) is 7.92. The Hall–Kier alpha value is -1.54. The minimum absolute atomic E-state index is 0.500. The number of hydrogen-bond acceptors (Lipinski definition) is 2. The second-order valence-electron chi connectivity index (χ2n) is 5.95. The van der Waals surface area contributed by atoms with Crippen LogP contribution in [0.25, 0.3) is 0 Å². The van der Waals surface area contributed by atoms with E-state index in [4.69, 9.17) is 4.42 Å². The lowest BCUT2D eigenvalue weighted by molar-refractivity contribution is 0.447. The van der Waals surface area contributed by atoms with E-state index in [0.29, 0.717) is 6.04 Å². The van der Waals surface area contributed by atoms with Crippen LogP contribution in [0.2, 0.25) is 0 Å². The summed E-state index contributed by atoms with van der Waals surface area (Å²) in [6.07, 6.45) is 4.95. The molecular weight excluding hydrogens is 258 g/mol. The van der Waals surface area contributed by atoms with Crippen LogP contribution in [0.5, 0.6) is 0 Å². The van der Waals surface area contributed by atoms with Gasteiger partial charge in [0.1, 0.15) is 5.76 Å². The van der Waals surface area contributed by atoms with Crippen LogP contribution in [0.4, 0.5) is 0 Å². The molecule has 0 aliphatic heterocycles. The van der Waals surface area contributed by atoms with Gasteiger partial charge in [-0.05, 0) is 69.0 Å². The minimum Gasteiger partial charge on any atom is -0.469 e. The highest BCUT2D eigenvalue weighted by Gasteiger charge is 2.13. The first-order valence-electron chi connectivity index (χ1n) is 7.92. The minimum atomic E-state index is 0.500. The summed E-state index contributed by atoms with van der Waals surface area (Å²) < 4.78 is 5.45. The fraction of sp³-hybridized carbons (Fsp3) is 0.474. The van der Waals surface area contributed by atoms with E-state index >= 15 is 0 Å². The Morgan fingerprint density at radius 3 is 2.43 bits per heavy atom. The van der Waals surface area contributed by atoms with Gasteiger partial charge in [-0.1, -0.05) is 24.6 Å². The Balaban J connectivity index is 2.05. The molecular formula is C19H27NO. The third-order valence-electron chi connectivity index (χ3n) is 4.10. The zero-order chi connectivity index (χ0) is 15.2. The van der Waals surface area contributed by atoms with Crippen LogP contribution in [-0.4, -0.2) is 12.6 Å². The van der Waals surface area contributed by atoms with Crippen LogP contribution in [0.3, 0.4) is 0 Å². The van der Waals surface area contributed by atoms with Crippen LogP contribution >= 0.6 is 0 Å². The number of furan rings is 1. The van der Waals surface area contributed by atoms with Crippen molar-refractivity contribution in [2.45, 2.75) is 53.0 Å². The average Bonchev–Trinajstić information content (AvgIpc) is 2.93. The molecule has 114 valence electrons. The van der Waals surface area contributed by atoms with Gasteiger partial charge in [-0.3, -0.25) is 0 Å². The fourth-order valence-electron chi connectivity index (χ4n) is 3.11. The van der Waals surface area contributed by atoms with E-state index in [9.17, 15) is 0 Å². The van der Waals surface area contributed by atoms with Gasteiger partial charge in [-0.2, -0.15) is 0 Å². The molecule has 1 N–H and O–H groups in total. The van der Waals surface area contributed by atoms with Crippen molar-refractivity contribution < 1.29 is 4.42 Å². The molecule has 0 aliphatic rings. The van der Waals surface area contributed by atoms with E-state index < -0.39 is 0 Å². The molecule has 0 saturated heterocycles. The fourth-order valence-corrected chi connectivity index (χ4v) is 3.11. The van der Waals surface area contributed by atoms with E-state index in [1.807, 2.05) is 6.07 Å². The van der Waals surface area contributed by atoms with Crippen molar-refractivity contribution in [3.05, 3.63) is 58.5 Å². The van der Waals surface area contributed by atoms with Crippen molar-refractivity contribution in [3.8, 4) is 0 Å². The molecule has 21 heavy (non-hydrogen) atoms. The Kier molecular flexibility index (Phi) is 5.63. The van der Waals surface area contributed by atoms with Gasteiger partial charge in [0, 0.05) is 12.5 Å². The van der Waals surface area contributed by atoms with E-state index in [1.54, 1.807) is 6.26 Å². The maximum absolute atomic E-state index is 5.45. The van der Waals surface area contributed by atoms with E-state index in [1.165, 1.54) is 22.3 Å². The average molecular weight is 285 g/mol. The number of aryl methyl sites for hydroxylation is 4. The summed E-state index contributed by atoms with van der Waals surface area (Å²) in [6.45, 7) is 9.81. The van der Waals surface area contributed by atoms with Crippen molar-refractivity contribution in [3.63, 3.8) is 0 Å². The van der Waals surface area contributed by atoms with E-state index in [0.717, 1.165) is 31.6 Å². The summed E-state index contributed by atoms with van der Waals surface area (Å²) in [5.41, 5.74) is 5.66. The lowest BCUT2D eigenvalue weighted by Crippen LogP contribution is -2.32. The first-order chi connectivity index (χ1) is 10.1. The number of benzene rings is 1. The van der Waals surface area contributed by atoms with Gasteiger partial charge in [0.25, 0.3) is 0 Å². The number of nitrogens with one attached hydrogen (secondary N) is 1. The highest BCUT2D eigenvalue weighted by atomic mass is 16.3. The molecule has 2 aromatic rings. The number of likely N-dealkylation sites (N-methyl/N-ethyl adjacent to an activating group) is 1. The van der Waals surface area contributed by atoms with Gasteiger partial charge < -0.3 is 9.73 Å². The van der Waals surface area contributed by atoms with Crippen molar-refractivity contribution in [2.75, 3.05) is 6.54 Å². The summed E-state index contributed by atoms with van der Waals surface area (Å²) in [5, 5.41) is 3.62. The van der Waals surface area contributed by atoms with Gasteiger partial charge in [-0.15, -0.1) is 0 Å². The molecule has 2 heteroatoms. The number of hydrogen-bond donors (Lipinski definition) is 1. The topological polar surface area (TPSA) is 25.2 Å². The third kappa shape index (κ3) is 4.47. The molecule has 0 radical (unpaired) electrons. The van der Waals surface area contributed by atoms with Crippen LogP contribution in [-0.2, 0) is 12.8 Å². The van der Waals surface area contributed by atoms with Crippen molar-refractivity contribution >= 4 is 0 Å². The summed E-state index contributed by atoms with van der Waals surface area (Å²) in [5.74, 6) is 1.08. The second kappa shape index (κ2) is 7.46. The Bertz CT molecular complexity index is 534. The maximum Gasteiger partial charge on any atom is 0.103 e. The second-order valence-corrected chi connectivity index (χ2v) is 5.95. The van der Waals surface area contributed by atoms with E-state index in [-0.39, 0.29) is 0 Å². The normalized spacial score (nSPS) is 12.6. The molecule has 1 atom stereocenters. The smallest absolute Gasteiger partial charge is 0.103 e. The first kappa shape index (κ1) is 15.8. The van der Waals surface area contributed by atoms with Gasteiger partial charge >= 0.3 is 0 Å². The molecule has 0 saturated carbocycles. The molecule has 0 fully saturated rings. The Morgan fingerprint density at radius 2 is 1.86 bits per heavy atom. The molecule has 0 aliphatic carbocycles. The van der Waals surface area contributed by atoms with Crippen molar-refractivity contribution in [1.82, 2.24) is 5.32 Å². The SMILES string of the molecule is CCNC(CCc1ccco1)Cc1c(C)cc(C)cc1C. The monoisotopic (exact) mass is 285 g/mol. The molecule has 2 nitrogen and oxygen atoms in total. The van der Waals surface area contributed by atoms with Gasteiger partial charge in [0.15, 0.2) is 0 Å². The summed E-state index contributed by atoms with van der Waals surface area (Å²) >= 11 is 0.